The molecule has 1 aliphatic rings. The Kier molecular flexibility index (Phi) is 4.06. The molecule has 25 heavy (non-hydrogen) atoms. The van der Waals surface area contributed by atoms with Gasteiger partial charge in [0.25, 0.3) is 0 Å². The monoisotopic (exact) mass is 332 g/mol. The molecule has 1 aromatic carbocycles. The Bertz CT molecular complexity index is 942. The lowest BCUT2D eigenvalue weighted by molar-refractivity contribution is -0.121. The van der Waals surface area contributed by atoms with Crippen LogP contribution in [0.3, 0.4) is 0 Å². The SMILES string of the molecule is CC1=C(c2ccccc2)C1C(=O)NCCCc1nnc2ccccn12. The summed E-state index contributed by atoms with van der Waals surface area (Å²) in [7, 11) is 0. The number of nitrogens with one attached hydrogen (secondary N) is 1. The number of amides is 1. The number of aryl methyl sites for hydroxylation is 1. The number of carbonyl (C=O) groups is 1. The maximum absolute atomic E-state index is 12.4. The predicted molar refractivity (Wildman–Crippen MR) is 96.8 cm³/mol. The first-order valence-electron chi connectivity index (χ1n) is 8.58. The third-order valence-corrected chi connectivity index (χ3v) is 4.67. The zero-order valence-electron chi connectivity index (χ0n) is 14.1. The fraction of sp³-hybridized carbons (Fsp3) is 0.250. The molecule has 0 saturated carbocycles. The van der Waals surface area contributed by atoms with Gasteiger partial charge in [-0.05, 0) is 36.6 Å². The van der Waals surface area contributed by atoms with Crippen molar-refractivity contribution in [2.75, 3.05) is 6.54 Å². The molecule has 2 heterocycles. The molecule has 1 aliphatic carbocycles. The van der Waals surface area contributed by atoms with Gasteiger partial charge in [-0.3, -0.25) is 9.20 Å². The maximum Gasteiger partial charge on any atom is 0.231 e. The Hall–Kier alpha value is -2.95. The third-order valence-electron chi connectivity index (χ3n) is 4.67. The lowest BCUT2D eigenvalue weighted by atomic mass is 10.1. The molecule has 3 aromatic rings. The quantitative estimate of drug-likeness (QED) is 0.706. The van der Waals surface area contributed by atoms with Crippen molar-refractivity contribution >= 4 is 17.1 Å². The van der Waals surface area contributed by atoms with Crippen molar-refractivity contribution in [3.63, 3.8) is 0 Å². The summed E-state index contributed by atoms with van der Waals surface area (Å²) in [5.74, 6) is 0.967. The highest BCUT2D eigenvalue weighted by molar-refractivity contribution is 6.05. The van der Waals surface area contributed by atoms with Gasteiger partial charge >= 0.3 is 0 Å². The summed E-state index contributed by atoms with van der Waals surface area (Å²) in [6.45, 7) is 2.68. The van der Waals surface area contributed by atoms with Gasteiger partial charge in [0, 0.05) is 19.2 Å². The smallest absolute Gasteiger partial charge is 0.231 e. The molecule has 1 unspecified atom stereocenters. The van der Waals surface area contributed by atoms with Gasteiger partial charge in [0.2, 0.25) is 5.91 Å². The second kappa shape index (κ2) is 6.51. The summed E-state index contributed by atoms with van der Waals surface area (Å²) in [6.07, 6.45) is 3.59. The molecule has 1 N–H and O–H groups in total. The summed E-state index contributed by atoms with van der Waals surface area (Å²) >= 11 is 0. The fourth-order valence-electron chi connectivity index (χ4n) is 3.29. The molecule has 0 saturated heterocycles. The van der Waals surface area contributed by atoms with Crippen molar-refractivity contribution in [1.82, 2.24) is 19.9 Å². The number of carbonyl (C=O) groups excluding carboxylic acids is 1. The van der Waals surface area contributed by atoms with E-state index in [2.05, 4.69) is 27.6 Å². The largest absolute Gasteiger partial charge is 0.355 e. The molecule has 0 fully saturated rings. The number of nitrogens with zero attached hydrogens (tertiary/aromatic N) is 3. The van der Waals surface area contributed by atoms with E-state index in [9.17, 15) is 4.79 Å². The van der Waals surface area contributed by atoms with E-state index in [0.29, 0.717) is 6.54 Å². The van der Waals surface area contributed by atoms with Crippen molar-refractivity contribution in [1.29, 1.82) is 0 Å². The van der Waals surface area contributed by atoms with Crippen LogP contribution in [-0.4, -0.2) is 27.0 Å². The van der Waals surface area contributed by atoms with E-state index in [1.165, 1.54) is 11.1 Å². The highest BCUT2D eigenvalue weighted by Crippen LogP contribution is 2.46. The fourth-order valence-corrected chi connectivity index (χ4v) is 3.29. The van der Waals surface area contributed by atoms with E-state index in [0.717, 1.165) is 29.9 Å². The Morgan fingerprint density at radius 1 is 1.12 bits per heavy atom. The minimum absolute atomic E-state index is 0.0590. The minimum atomic E-state index is -0.0590. The molecule has 5 nitrogen and oxygen atoms in total. The van der Waals surface area contributed by atoms with Gasteiger partial charge in [-0.1, -0.05) is 42.0 Å². The van der Waals surface area contributed by atoms with Crippen molar-refractivity contribution in [3.05, 3.63) is 71.7 Å². The minimum Gasteiger partial charge on any atom is -0.355 e. The molecular formula is C20H20N4O. The normalized spacial score (nSPS) is 16.3. The average molecular weight is 332 g/mol. The molecule has 0 radical (unpaired) electrons. The Morgan fingerprint density at radius 3 is 2.76 bits per heavy atom. The summed E-state index contributed by atoms with van der Waals surface area (Å²) in [4.78, 5) is 12.4. The standard InChI is InChI=1S/C20H20N4O/c1-14-18(15-8-3-2-4-9-15)19(14)20(25)21-12-7-11-17-23-22-16-10-5-6-13-24(16)17/h2-6,8-10,13,19H,7,11-12H2,1H3,(H,21,25). The van der Waals surface area contributed by atoms with Crippen LogP contribution >= 0.6 is 0 Å². The number of pyridine rings is 1. The van der Waals surface area contributed by atoms with Crippen molar-refractivity contribution in [3.8, 4) is 0 Å². The van der Waals surface area contributed by atoms with Gasteiger partial charge < -0.3 is 5.32 Å². The van der Waals surface area contributed by atoms with Crippen LogP contribution in [0.25, 0.3) is 11.2 Å². The van der Waals surface area contributed by atoms with E-state index >= 15 is 0 Å². The second-order valence-electron chi connectivity index (χ2n) is 6.34. The van der Waals surface area contributed by atoms with Gasteiger partial charge in [0.15, 0.2) is 5.65 Å². The molecule has 4 rings (SSSR count). The van der Waals surface area contributed by atoms with Gasteiger partial charge in [-0.2, -0.15) is 0 Å². The highest BCUT2D eigenvalue weighted by Gasteiger charge is 2.39. The van der Waals surface area contributed by atoms with Crippen LogP contribution in [0.1, 0.15) is 24.7 Å². The van der Waals surface area contributed by atoms with E-state index in [1.807, 2.05) is 53.9 Å². The zero-order valence-corrected chi connectivity index (χ0v) is 14.1. The molecule has 1 atom stereocenters. The van der Waals surface area contributed by atoms with Gasteiger partial charge in [-0.25, -0.2) is 0 Å². The lowest BCUT2D eigenvalue weighted by Gasteiger charge is -2.05. The Morgan fingerprint density at radius 2 is 1.92 bits per heavy atom. The Labute approximate surface area is 146 Å². The number of benzene rings is 1. The first-order chi connectivity index (χ1) is 12.3. The predicted octanol–water partition coefficient (Wildman–Crippen LogP) is 2.88. The van der Waals surface area contributed by atoms with Crippen LogP contribution in [0.4, 0.5) is 0 Å². The average Bonchev–Trinajstić information content (AvgIpc) is 3.16. The number of hydrogen-bond donors (Lipinski definition) is 1. The summed E-state index contributed by atoms with van der Waals surface area (Å²) in [5.41, 5.74) is 4.34. The number of fused-ring (bicyclic) bond motifs is 1. The van der Waals surface area contributed by atoms with Crippen LogP contribution in [0.5, 0.6) is 0 Å². The van der Waals surface area contributed by atoms with E-state index in [4.69, 9.17) is 0 Å². The molecule has 2 aromatic heterocycles. The number of aromatic nitrogens is 3. The van der Waals surface area contributed by atoms with Crippen LogP contribution in [0.2, 0.25) is 0 Å². The third kappa shape index (κ3) is 3.05. The molecular weight excluding hydrogens is 312 g/mol. The van der Waals surface area contributed by atoms with Crippen molar-refractivity contribution in [2.45, 2.75) is 19.8 Å². The molecule has 126 valence electrons. The lowest BCUT2D eigenvalue weighted by Crippen LogP contribution is -2.27. The van der Waals surface area contributed by atoms with Crippen molar-refractivity contribution in [2.24, 2.45) is 5.92 Å². The van der Waals surface area contributed by atoms with Crippen LogP contribution in [-0.2, 0) is 11.2 Å². The maximum atomic E-state index is 12.4. The zero-order chi connectivity index (χ0) is 17.2. The summed E-state index contributed by atoms with van der Waals surface area (Å²) in [6, 6.07) is 16.0. The van der Waals surface area contributed by atoms with E-state index in [-0.39, 0.29) is 11.8 Å². The summed E-state index contributed by atoms with van der Waals surface area (Å²) < 4.78 is 1.99. The topological polar surface area (TPSA) is 59.3 Å². The second-order valence-corrected chi connectivity index (χ2v) is 6.34. The van der Waals surface area contributed by atoms with Crippen molar-refractivity contribution < 1.29 is 4.79 Å². The van der Waals surface area contributed by atoms with E-state index in [1.54, 1.807) is 0 Å². The van der Waals surface area contributed by atoms with Crippen LogP contribution in [0.15, 0.2) is 60.3 Å². The van der Waals surface area contributed by atoms with Gasteiger partial charge in [-0.15, -0.1) is 10.2 Å². The van der Waals surface area contributed by atoms with Gasteiger partial charge in [0.05, 0.1) is 5.92 Å². The molecule has 5 heteroatoms. The Balaban J connectivity index is 1.28. The number of rotatable bonds is 6. The molecule has 0 bridgehead atoms. The highest BCUT2D eigenvalue weighted by atomic mass is 16.2. The van der Waals surface area contributed by atoms with E-state index < -0.39 is 0 Å². The van der Waals surface area contributed by atoms with Gasteiger partial charge in [0.1, 0.15) is 5.82 Å². The van der Waals surface area contributed by atoms with Crippen LogP contribution < -0.4 is 5.32 Å². The summed E-state index contributed by atoms with van der Waals surface area (Å²) in [5, 5.41) is 11.4. The molecule has 0 spiro atoms. The number of hydrogen-bond acceptors (Lipinski definition) is 3. The molecule has 1 amide bonds. The van der Waals surface area contributed by atoms with Crippen LogP contribution in [0, 0.1) is 5.92 Å². The molecule has 0 aliphatic heterocycles. The first-order valence-corrected chi connectivity index (χ1v) is 8.58. The first kappa shape index (κ1) is 15.6.